The van der Waals surface area contributed by atoms with Crippen LogP contribution >= 0.6 is 0 Å². The van der Waals surface area contributed by atoms with E-state index >= 15 is 0 Å². The fourth-order valence-electron chi connectivity index (χ4n) is 0.822. The molecule has 0 aromatic rings. The van der Waals surface area contributed by atoms with Crippen LogP contribution in [0.3, 0.4) is 0 Å². The summed E-state index contributed by atoms with van der Waals surface area (Å²) in [6.07, 6.45) is 2.13. The van der Waals surface area contributed by atoms with Gasteiger partial charge in [-0.25, -0.2) is 0 Å². The van der Waals surface area contributed by atoms with Gasteiger partial charge in [-0.2, -0.15) is 0 Å². The summed E-state index contributed by atoms with van der Waals surface area (Å²) in [5.74, 6) is 0. The lowest BCUT2D eigenvalue weighted by Crippen LogP contribution is -2.20. The predicted octanol–water partition coefficient (Wildman–Crippen LogP) is 2.20. The molecule has 0 fully saturated rings. The van der Waals surface area contributed by atoms with Crippen molar-refractivity contribution in [1.29, 1.82) is 0 Å². The maximum absolute atomic E-state index is 4.98. The molecule has 0 saturated heterocycles. The number of nitrogens with zero attached hydrogens (tertiary/aromatic N) is 1. The van der Waals surface area contributed by atoms with Crippen molar-refractivity contribution < 1.29 is 4.84 Å². The molecule has 0 saturated carbocycles. The molecular weight excluding hydrogens is 114 g/mol. The lowest BCUT2D eigenvalue weighted by atomic mass is 10.0. The molecule has 2 heteroatoms. The van der Waals surface area contributed by atoms with Crippen LogP contribution in [0.1, 0.15) is 33.6 Å². The normalized spacial score (nSPS) is 11.0. The smallest absolute Gasteiger partial charge is 0.132 e. The number of hydrogen-bond acceptors (Lipinski definition) is 2. The van der Waals surface area contributed by atoms with Crippen LogP contribution in [0, 0.1) is 0 Å². The highest BCUT2D eigenvalue weighted by Crippen LogP contribution is 2.15. The van der Waals surface area contributed by atoms with Crippen molar-refractivity contribution in [3.05, 3.63) is 0 Å². The van der Waals surface area contributed by atoms with E-state index < -0.39 is 0 Å². The van der Waals surface area contributed by atoms with Crippen LogP contribution < -0.4 is 0 Å². The van der Waals surface area contributed by atoms with Crippen molar-refractivity contribution in [1.82, 2.24) is 0 Å². The Labute approximate surface area is 56.9 Å². The van der Waals surface area contributed by atoms with E-state index in [9.17, 15) is 0 Å². The number of oxime groups is 1. The summed E-state index contributed by atoms with van der Waals surface area (Å²) in [4.78, 5) is 4.98. The highest BCUT2D eigenvalue weighted by Gasteiger charge is 2.16. The minimum Gasteiger partial charge on any atom is -0.390 e. The zero-order valence-electron chi connectivity index (χ0n) is 6.48. The first-order chi connectivity index (χ1) is 4.12. The van der Waals surface area contributed by atoms with Crippen LogP contribution in [0.5, 0.6) is 0 Å². The Morgan fingerprint density at radius 3 is 2.44 bits per heavy atom. The molecule has 0 heterocycles. The first-order valence-corrected chi connectivity index (χ1v) is 3.26. The van der Waals surface area contributed by atoms with Gasteiger partial charge in [-0.3, -0.25) is 0 Å². The average molecular weight is 129 g/mol. The number of rotatable bonds is 4. The Morgan fingerprint density at radius 1 is 1.56 bits per heavy atom. The first-order valence-electron chi connectivity index (χ1n) is 3.26. The predicted molar refractivity (Wildman–Crippen MR) is 39.6 cm³/mol. The molecular formula is C7H15NO. The van der Waals surface area contributed by atoms with Crippen LogP contribution in [0.15, 0.2) is 5.16 Å². The van der Waals surface area contributed by atoms with Gasteiger partial charge in [-0.05, 0) is 20.3 Å². The van der Waals surface area contributed by atoms with Gasteiger partial charge >= 0.3 is 0 Å². The maximum Gasteiger partial charge on any atom is 0.132 e. The fourth-order valence-corrected chi connectivity index (χ4v) is 0.822. The summed E-state index contributed by atoms with van der Waals surface area (Å²) in [6.45, 7) is 9.39. The second kappa shape index (κ2) is 3.49. The van der Waals surface area contributed by atoms with Gasteiger partial charge in [0.05, 0.1) is 0 Å². The molecule has 0 aliphatic heterocycles. The third kappa shape index (κ3) is 4.01. The molecule has 0 bridgehead atoms. The molecule has 0 aromatic heterocycles. The molecule has 9 heavy (non-hydrogen) atoms. The fraction of sp³-hybridized carbons (Fsp3) is 0.857. The largest absolute Gasteiger partial charge is 0.390 e. The Hall–Kier alpha value is -0.530. The standard InChI is InChI=1S/C7H15NO/c1-5-6-7(2,3)9-8-4/h4-6H2,1-3H3. The van der Waals surface area contributed by atoms with E-state index in [0.29, 0.717) is 0 Å². The SMILES string of the molecule is C=NOC(C)(C)CCC. The van der Waals surface area contributed by atoms with Gasteiger partial charge in [0.15, 0.2) is 0 Å². The van der Waals surface area contributed by atoms with Crippen molar-refractivity contribution in [3.63, 3.8) is 0 Å². The Kier molecular flexibility index (Phi) is 3.28. The summed E-state index contributed by atoms with van der Waals surface area (Å²) < 4.78 is 0. The van der Waals surface area contributed by atoms with Gasteiger partial charge in [0, 0.05) is 6.72 Å². The zero-order chi connectivity index (χ0) is 7.33. The minimum absolute atomic E-state index is 0.128. The summed E-state index contributed by atoms with van der Waals surface area (Å²) in [5, 5.41) is 3.38. The topological polar surface area (TPSA) is 21.6 Å². The second-order valence-corrected chi connectivity index (χ2v) is 2.73. The number of hydrogen-bond donors (Lipinski definition) is 0. The molecule has 54 valence electrons. The second-order valence-electron chi connectivity index (χ2n) is 2.73. The van der Waals surface area contributed by atoms with Gasteiger partial charge < -0.3 is 4.84 Å². The maximum atomic E-state index is 4.98. The van der Waals surface area contributed by atoms with Crippen molar-refractivity contribution in [2.24, 2.45) is 5.16 Å². The Morgan fingerprint density at radius 2 is 2.11 bits per heavy atom. The first kappa shape index (κ1) is 8.47. The summed E-state index contributed by atoms with van der Waals surface area (Å²) >= 11 is 0. The van der Waals surface area contributed by atoms with Crippen molar-refractivity contribution >= 4 is 6.72 Å². The third-order valence-corrected chi connectivity index (χ3v) is 1.16. The molecule has 0 aliphatic rings. The molecule has 0 unspecified atom stereocenters. The van der Waals surface area contributed by atoms with Crippen molar-refractivity contribution in [2.45, 2.75) is 39.2 Å². The molecule has 0 N–H and O–H groups in total. The molecule has 0 atom stereocenters. The average Bonchev–Trinajstić information content (AvgIpc) is 1.64. The summed E-state index contributed by atoms with van der Waals surface area (Å²) in [5.41, 5.74) is -0.128. The summed E-state index contributed by atoms with van der Waals surface area (Å²) in [6, 6.07) is 0. The van der Waals surface area contributed by atoms with E-state index in [1.165, 1.54) is 0 Å². The molecule has 0 amide bonds. The molecule has 0 aromatic carbocycles. The van der Waals surface area contributed by atoms with Crippen molar-refractivity contribution in [3.8, 4) is 0 Å². The van der Waals surface area contributed by atoms with Crippen LogP contribution in [0.2, 0.25) is 0 Å². The highest BCUT2D eigenvalue weighted by atomic mass is 16.6. The van der Waals surface area contributed by atoms with E-state index in [1.807, 2.05) is 13.8 Å². The van der Waals surface area contributed by atoms with Gasteiger partial charge in [0.1, 0.15) is 5.60 Å². The van der Waals surface area contributed by atoms with E-state index in [2.05, 4.69) is 18.8 Å². The Balaban J connectivity index is 3.55. The quantitative estimate of drug-likeness (QED) is 0.421. The molecule has 2 nitrogen and oxygen atoms in total. The van der Waals surface area contributed by atoms with Crippen LogP contribution in [-0.2, 0) is 4.84 Å². The van der Waals surface area contributed by atoms with Gasteiger partial charge in [0.25, 0.3) is 0 Å². The van der Waals surface area contributed by atoms with Crippen molar-refractivity contribution in [2.75, 3.05) is 0 Å². The van der Waals surface area contributed by atoms with Gasteiger partial charge in [0.2, 0.25) is 0 Å². The van der Waals surface area contributed by atoms with Crippen LogP contribution in [0.4, 0.5) is 0 Å². The zero-order valence-corrected chi connectivity index (χ0v) is 6.48. The van der Waals surface area contributed by atoms with E-state index in [4.69, 9.17) is 4.84 Å². The third-order valence-electron chi connectivity index (χ3n) is 1.16. The molecule has 0 rings (SSSR count). The van der Waals surface area contributed by atoms with Gasteiger partial charge in [-0.1, -0.05) is 13.3 Å². The lowest BCUT2D eigenvalue weighted by molar-refractivity contribution is -0.0192. The Bertz CT molecular complexity index is 88.9. The highest BCUT2D eigenvalue weighted by molar-refractivity contribution is 5.21. The monoisotopic (exact) mass is 129 g/mol. The molecule has 0 spiro atoms. The van der Waals surface area contributed by atoms with Crippen LogP contribution in [0.25, 0.3) is 0 Å². The summed E-state index contributed by atoms with van der Waals surface area (Å²) in [7, 11) is 0. The van der Waals surface area contributed by atoms with E-state index in [1.54, 1.807) is 0 Å². The lowest BCUT2D eigenvalue weighted by Gasteiger charge is -2.20. The molecule has 0 radical (unpaired) electrons. The van der Waals surface area contributed by atoms with E-state index in [0.717, 1.165) is 12.8 Å². The van der Waals surface area contributed by atoms with Gasteiger partial charge in [-0.15, -0.1) is 5.16 Å². The van der Waals surface area contributed by atoms with E-state index in [-0.39, 0.29) is 5.60 Å². The molecule has 0 aliphatic carbocycles. The minimum atomic E-state index is -0.128. The van der Waals surface area contributed by atoms with Crippen LogP contribution in [-0.4, -0.2) is 12.3 Å².